The largest absolute Gasteiger partial charge is 0.387 e. The van der Waals surface area contributed by atoms with E-state index in [0.29, 0.717) is 31.9 Å². The lowest BCUT2D eigenvalue weighted by Gasteiger charge is -2.30. The molecule has 106 valence electrons. The van der Waals surface area contributed by atoms with Crippen LogP contribution in [0.4, 0.5) is 0 Å². The van der Waals surface area contributed by atoms with Crippen molar-refractivity contribution in [3.8, 4) is 0 Å². The third-order valence-corrected chi connectivity index (χ3v) is 5.67. The van der Waals surface area contributed by atoms with Crippen LogP contribution in [0.15, 0.2) is 30.3 Å². The van der Waals surface area contributed by atoms with E-state index in [1.54, 1.807) is 31.2 Å². The summed E-state index contributed by atoms with van der Waals surface area (Å²) in [7, 11) is -3.51. The number of nitrogens with zero attached hydrogens (tertiary/aromatic N) is 1. The number of rotatable bonds is 4. The third kappa shape index (κ3) is 3.14. The molecule has 0 aliphatic carbocycles. The van der Waals surface area contributed by atoms with Crippen LogP contribution in [0.2, 0.25) is 0 Å². The summed E-state index contributed by atoms with van der Waals surface area (Å²) < 4.78 is 31.4. The van der Waals surface area contributed by atoms with Gasteiger partial charge in [-0.3, -0.25) is 0 Å². The fourth-order valence-corrected chi connectivity index (χ4v) is 3.73. The summed E-state index contributed by atoms with van der Waals surface area (Å²) in [6.07, 6.45) is -1.02. The number of morpholine rings is 1. The molecule has 2 rings (SSSR count). The fraction of sp³-hybridized carbons (Fsp3) is 0.538. The fourth-order valence-electron chi connectivity index (χ4n) is 2.12. The molecule has 0 radical (unpaired) electrons. The minimum Gasteiger partial charge on any atom is -0.387 e. The highest BCUT2D eigenvalue weighted by Gasteiger charge is 2.35. The number of aliphatic hydroxyl groups is 1. The molecule has 0 amide bonds. The second-order valence-corrected chi connectivity index (χ2v) is 6.91. The molecule has 1 N–H and O–H groups in total. The van der Waals surface area contributed by atoms with Crippen LogP contribution in [0, 0.1) is 0 Å². The van der Waals surface area contributed by atoms with E-state index in [1.807, 2.05) is 6.07 Å². The van der Waals surface area contributed by atoms with E-state index in [9.17, 15) is 13.5 Å². The molecular weight excluding hydrogens is 266 g/mol. The van der Waals surface area contributed by atoms with Crippen molar-refractivity contribution in [2.24, 2.45) is 0 Å². The van der Waals surface area contributed by atoms with Crippen molar-refractivity contribution in [2.45, 2.75) is 18.3 Å². The number of ether oxygens (including phenoxy) is 1. The summed E-state index contributed by atoms with van der Waals surface area (Å²) in [6.45, 7) is 3.07. The Bertz CT molecular complexity index is 497. The number of aliphatic hydroxyl groups excluding tert-OH is 1. The average molecular weight is 285 g/mol. The molecule has 1 aromatic rings. The number of benzene rings is 1. The molecule has 0 spiro atoms. The molecule has 0 aromatic heterocycles. The van der Waals surface area contributed by atoms with Crippen molar-refractivity contribution < 1.29 is 18.3 Å². The van der Waals surface area contributed by atoms with Gasteiger partial charge in [0.2, 0.25) is 10.0 Å². The first-order valence-electron chi connectivity index (χ1n) is 6.33. The smallest absolute Gasteiger partial charge is 0.219 e. The Labute approximate surface area is 113 Å². The second-order valence-electron chi connectivity index (χ2n) is 4.62. The first kappa shape index (κ1) is 14.5. The van der Waals surface area contributed by atoms with Gasteiger partial charge < -0.3 is 9.84 Å². The predicted molar refractivity (Wildman–Crippen MR) is 72.2 cm³/mol. The Hall–Kier alpha value is -0.950. The normalized spacial score (nSPS) is 20.9. The van der Waals surface area contributed by atoms with E-state index in [0.717, 1.165) is 0 Å². The van der Waals surface area contributed by atoms with Gasteiger partial charge in [-0.15, -0.1) is 0 Å². The Morgan fingerprint density at radius 3 is 2.37 bits per heavy atom. The molecular formula is C13H19NO4S. The van der Waals surface area contributed by atoms with Gasteiger partial charge in [-0.2, -0.15) is 4.31 Å². The molecule has 1 fully saturated rings. The monoisotopic (exact) mass is 285 g/mol. The summed E-state index contributed by atoms with van der Waals surface area (Å²) in [5, 5.41) is 9.35. The van der Waals surface area contributed by atoms with Crippen LogP contribution in [0.25, 0.3) is 0 Å². The molecule has 6 heteroatoms. The average Bonchev–Trinajstić information content (AvgIpc) is 2.47. The molecule has 1 saturated heterocycles. The molecule has 1 aliphatic rings. The first-order chi connectivity index (χ1) is 9.03. The summed E-state index contributed by atoms with van der Waals surface area (Å²) in [5.74, 6) is 0. The molecule has 0 bridgehead atoms. The van der Waals surface area contributed by atoms with E-state index < -0.39 is 21.4 Å². The van der Waals surface area contributed by atoms with Crippen LogP contribution in [0.5, 0.6) is 0 Å². The minimum atomic E-state index is -3.51. The standard InChI is InChI=1S/C13H19NO4S/c1-11(13(15)12-5-3-2-4-6-12)19(16,17)14-7-9-18-10-8-14/h2-6,11,13,15H,7-10H2,1H3/t11-,13-/m0/s1. The maximum atomic E-state index is 12.4. The summed E-state index contributed by atoms with van der Waals surface area (Å²) in [4.78, 5) is 0. The Balaban J connectivity index is 2.15. The summed E-state index contributed by atoms with van der Waals surface area (Å²) >= 11 is 0. The van der Waals surface area contributed by atoms with Gasteiger partial charge in [0.15, 0.2) is 0 Å². The second kappa shape index (κ2) is 6.00. The minimum absolute atomic E-state index is 0.355. The van der Waals surface area contributed by atoms with Crippen molar-refractivity contribution in [3.63, 3.8) is 0 Å². The maximum Gasteiger partial charge on any atom is 0.219 e. The van der Waals surface area contributed by atoms with Crippen molar-refractivity contribution in [2.75, 3.05) is 26.3 Å². The zero-order valence-electron chi connectivity index (χ0n) is 10.9. The third-order valence-electron chi connectivity index (χ3n) is 3.39. The number of hydrogen-bond acceptors (Lipinski definition) is 4. The van der Waals surface area contributed by atoms with Gasteiger partial charge in [0, 0.05) is 13.1 Å². The summed E-state index contributed by atoms with van der Waals surface area (Å²) in [6, 6.07) is 8.86. The predicted octanol–water partition coefficient (Wildman–Crippen LogP) is 0.770. The van der Waals surface area contributed by atoms with Crippen LogP contribution >= 0.6 is 0 Å². The van der Waals surface area contributed by atoms with Crippen molar-refractivity contribution in [1.82, 2.24) is 4.31 Å². The molecule has 2 atom stereocenters. The maximum absolute atomic E-state index is 12.4. The van der Waals surface area contributed by atoms with Crippen LogP contribution in [-0.4, -0.2) is 49.4 Å². The van der Waals surface area contributed by atoms with Crippen molar-refractivity contribution in [1.29, 1.82) is 0 Å². The quantitative estimate of drug-likeness (QED) is 0.887. The molecule has 0 saturated carbocycles. The molecule has 0 unspecified atom stereocenters. The van der Waals surface area contributed by atoms with E-state index in [1.165, 1.54) is 4.31 Å². The highest BCUT2D eigenvalue weighted by Crippen LogP contribution is 2.24. The molecule has 1 heterocycles. The van der Waals surface area contributed by atoms with Gasteiger partial charge in [-0.25, -0.2) is 8.42 Å². The topological polar surface area (TPSA) is 66.8 Å². The lowest BCUT2D eigenvalue weighted by Crippen LogP contribution is -2.46. The van der Waals surface area contributed by atoms with Gasteiger partial charge in [-0.1, -0.05) is 30.3 Å². The van der Waals surface area contributed by atoms with Gasteiger partial charge in [-0.05, 0) is 12.5 Å². The van der Waals surface area contributed by atoms with E-state index in [-0.39, 0.29) is 0 Å². The van der Waals surface area contributed by atoms with Gasteiger partial charge in [0.25, 0.3) is 0 Å². The molecule has 5 nitrogen and oxygen atoms in total. The molecule has 1 aliphatic heterocycles. The van der Waals surface area contributed by atoms with Crippen LogP contribution in [0.3, 0.4) is 0 Å². The van der Waals surface area contributed by atoms with E-state index in [2.05, 4.69) is 0 Å². The highest BCUT2D eigenvalue weighted by atomic mass is 32.2. The van der Waals surface area contributed by atoms with Crippen LogP contribution < -0.4 is 0 Å². The summed E-state index contributed by atoms with van der Waals surface area (Å²) in [5.41, 5.74) is 0.617. The molecule has 19 heavy (non-hydrogen) atoms. The molecule has 1 aromatic carbocycles. The zero-order chi connectivity index (χ0) is 13.9. The Kier molecular flexibility index (Phi) is 4.57. The number of sulfonamides is 1. The number of hydrogen-bond donors (Lipinski definition) is 1. The van der Waals surface area contributed by atoms with Gasteiger partial charge in [0.05, 0.1) is 19.3 Å². The SMILES string of the molecule is C[C@@H]([C@H](O)c1ccccc1)S(=O)(=O)N1CCOCC1. The van der Waals surface area contributed by atoms with E-state index >= 15 is 0 Å². The van der Waals surface area contributed by atoms with Crippen molar-refractivity contribution in [3.05, 3.63) is 35.9 Å². The van der Waals surface area contributed by atoms with E-state index in [4.69, 9.17) is 4.74 Å². The van der Waals surface area contributed by atoms with Gasteiger partial charge in [0.1, 0.15) is 5.25 Å². The van der Waals surface area contributed by atoms with Crippen molar-refractivity contribution >= 4 is 10.0 Å². The zero-order valence-corrected chi connectivity index (χ0v) is 11.7. The van der Waals surface area contributed by atoms with Crippen LogP contribution in [0.1, 0.15) is 18.6 Å². The lowest BCUT2D eigenvalue weighted by atomic mass is 10.1. The first-order valence-corrected chi connectivity index (χ1v) is 7.83. The van der Waals surface area contributed by atoms with Gasteiger partial charge >= 0.3 is 0 Å². The van der Waals surface area contributed by atoms with Crippen LogP contribution in [-0.2, 0) is 14.8 Å². The highest BCUT2D eigenvalue weighted by molar-refractivity contribution is 7.89. The Morgan fingerprint density at radius 1 is 1.21 bits per heavy atom. The lowest BCUT2D eigenvalue weighted by molar-refractivity contribution is 0.0712. The Morgan fingerprint density at radius 2 is 1.79 bits per heavy atom.